The molecule has 0 bridgehead atoms. The number of nitrogens with two attached hydrogens (primary N) is 1. The SMILES string of the molecule is CN1CCN(C2=C(c3cccs3)C(=O)N(c3ccc(S(N)(=O)=O)cc3)C2=O)CC1. The average molecular weight is 433 g/mol. The Labute approximate surface area is 172 Å². The molecule has 3 heterocycles. The van der Waals surface area contributed by atoms with Crippen LogP contribution in [0.15, 0.2) is 52.4 Å². The number of sulfonamides is 1. The monoisotopic (exact) mass is 432 g/mol. The number of anilines is 1. The van der Waals surface area contributed by atoms with Crippen LogP contribution in [-0.2, 0) is 19.6 Å². The third-order valence-corrected chi connectivity index (χ3v) is 6.89. The van der Waals surface area contributed by atoms with E-state index in [1.165, 1.54) is 35.6 Å². The van der Waals surface area contributed by atoms with Gasteiger partial charge in [-0.15, -0.1) is 11.3 Å². The summed E-state index contributed by atoms with van der Waals surface area (Å²) in [5.74, 6) is -0.805. The lowest BCUT2D eigenvalue weighted by Gasteiger charge is -2.34. The molecule has 0 saturated carbocycles. The summed E-state index contributed by atoms with van der Waals surface area (Å²) < 4.78 is 23.0. The number of hydrogen-bond donors (Lipinski definition) is 1. The maximum atomic E-state index is 13.3. The van der Waals surface area contributed by atoms with E-state index in [0.29, 0.717) is 30.0 Å². The normalized spacial score (nSPS) is 18.8. The van der Waals surface area contributed by atoms with Crippen molar-refractivity contribution in [2.24, 2.45) is 5.14 Å². The van der Waals surface area contributed by atoms with Crippen molar-refractivity contribution in [3.63, 3.8) is 0 Å². The number of hydrogen-bond acceptors (Lipinski definition) is 7. The van der Waals surface area contributed by atoms with Gasteiger partial charge in [0.25, 0.3) is 11.8 Å². The van der Waals surface area contributed by atoms with Crippen molar-refractivity contribution in [1.82, 2.24) is 9.80 Å². The van der Waals surface area contributed by atoms with E-state index in [9.17, 15) is 18.0 Å². The summed E-state index contributed by atoms with van der Waals surface area (Å²) in [4.78, 5) is 32.5. The van der Waals surface area contributed by atoms with Crippen LogP contribution in [0.3, 0.4) is 0 Å². The molecule has 0 unspecified atom stereocenters. The molecule has 0 atom stereocenters. The van der Waals surface area contributed by atoms with Gasteiger partial charge in [-0.2, -0.15) is 0 Å². The van der Waals surface area contributed by atoms with Crippen LogP contribution in [0, 0.1) is 0 Å². The van der Waals surface area contributed by atoms with E-state index < -0.39 is 21.8 Å². The van der Waals surface area contributed by atoms with Gasteiger partial charge in [0, 0.05) is 31.1 Å². The zero-order valence-corrected chi connectivity index (χ0v) is 17.4. The van der Waals surface area contributed by atoms with Crippen molar-refractivity contribution < 1.29 is 18.0 Å². The zero-order valence-electron chi connectivity index (χ0n) is 15.7. The van der Waals surface area contributed by atoms with Crippen molar-refractivity contribution in [3.8, 4) is 0 Å². The molecule has 4 rings (SSSR count). The van der Waals surface area contributed by atoms with Gasteiger partial charge >= 0.3 is 0 Å². The number of likely N-dealkylation sites (N-methyl/N-ethyl adjacent to an activating group) is 1. The zero-order chi connectivity index (χ0) is 20.8. The average Bonchev–Trinajstić information content (AvgIpc) is 3.28. The first-order valence-corrected chi connectivity index (χ1v) is 11.4. The highest BCUT2D eigenvalue weighted by Gasteiger charge is 2.43. The molecule has 10 heteroatoms. The van der Waals surface area contributed by atoms with E-state index in [0.717, 1.165) is 22.9 Å². The molecule has 8 nitrogen and oxygen atoms in total. The van der Waals surface area contributed by atoms with E-state index in [4.69, 9.17) is 5.14 Å². The molecule has 1 saturated heterocycles. The summed E-state index contributed by atoms with van der Waals surface area (Å²) in [5, 5.41) is 7.01. The number of nitrogens with zero attached hydrogens (tertiary/aromatic N) is 3. The van der Waals surface area contributed by atoms with E-state index in [2.05, 4.69) is 4.90 Å². The van der Waals surface area contributed by atoms with Gasteiger partial charge in [0.2, 0.25) is 10.0 Å². The molecule has 2 aliphatic heterocycles. The number of primary sulfonamides is 1. The Morgan fingerprint density at radius 1 is 0.966 bits per heavy atom. The van der Waals surface area contributed by atoms with Crippen LogP contribution < -0.4 is 10.0 Å². The third-order valence-electron chi connectivity index (χ3n) is 5.07. The molecule has 0 radical (unpaired) electrons. The first-order chi connectivity index (χ1) is 13.8. The summed E-state index contributed by atoms with van der Waals surface area (Å²) in [6, 6.07) is 9.11. The summed E-state index contributed by atoms with van der Waals surface area (Å²) in [5.41, 5.74) is 1.11. The van der Waals surface area contributed by atoms with Gasteiger partial charge < -0.3 is 9.80 Å². The molecule has 1 aromatic carbocycles. The molecule has 1 fully saturated rings. The van der Waals surface area contributed by atoms with Gasteiger partial charge in [-0.1, -0.05) is 6.07 Å². The molecular formula is C19H20N4O4S2. The van der Waals surface area contributed by atoms with E-state index >= 15 is 0 Å². The number of carbonyl (C=O) groups excluding carboxylic acids is 2. The van der Waals surface area contributed by atoms with Crippen LogP contribution in [0.25, 0.3) is 5.57 Å². The van der Waals surface area contributed by atoms with Gasteiger partial charge in [0.15, 0.2) is 0 Å². The minimum absolute atomic E-state index is 0.0777. The van der Waals surface area contributed by atoms with Crippen molar-refractivity contribution in [2.45, 2.75) is 4.90 Å². The number of carbonyl (C=O) groups is 2. The Bertz CT molecular complexity index is 1080. The van der Waals surface area contributed by atoms with E-state index in [1.54, 1.807) is 0 Å². The molecule has 2 amide bonds. The molecular weight excluding hydrogens is 412 g/mol. The second-order valence-electron chi connectivity index (χ2n) is 6.98. The van der Waals surface area contributed by atoms with Gasteiger partial charge in [-0.25, -0.2) is 18.5 Å². The van der Waals surface area contributed by atoms with Gasteiger partial charge in [-0.05, 0) is 42.8 Å². The lowest BCUT2D eigenvalue weighted by Crippen LogP contribution is -2.46. The predicted molar refractivity (Wildman–Crippen MR) is 111 cm³/mol. The van der Waals surface area contributed by atoms with Crippen LogP contribution >= 0.6 is 11.3 Å². The quantitative estimate of drug-likeness (QED) is 0.721. The van der Waals surface area contributed by atoms with Crippen LogP contribution in [-0.4, -0.2) is 63.3 Å². The minimum Gasteiger partial charge on any atom is -0.364 e. The lowest BCUT2D eigenvalue weighted by atomic mass is 10.1. The first kappa shape index (κ1) is 19.8. The fourth-order valence-electron chi connectivity index (χ4n) is 3.50. The third kappa shape index (κ3) is 3.60. The van der Waals surface area contributed by atoms with E-state index in [-0.39, 0.29) is 4.90 Å². The minimum atomic E-state index is -3.86. The highest BCUT2D eigenvalue weighted by Crippen LogP contribution is 2.36. The predicted octanol–water partition coefficient (Wildman–Crippen LogP) is 0.927. The highest BCUT2D eigenvalue weighted by atomic mass is 32.2. The van der Waals surface area contributed by atoms with Crippen molar-refractivity contribution in [2.75, 3.05) is 38.1 Å². The van der Waals surface area contributed by atoms with Crippen LogP contribution in [0.5, 0.6) is 0 Å². The molecule has 0 aliphatic carbocycles. The maximum absolute atomic E-state index is 13.3. The molecule has 2 N–H and O–H groups in total. The Morgan fingerprint density at radius 2 is 1.62 bits per heavy atom. The topological polar surface area (TPSA) is 104 Å². The molecule has 1 aromatic heterocycles. The number of rotatable bonds is 4. The molecule has 2 aromatic rings. The number of benzene rings is 1. The highest BCUT2D eigenvalue weighted by molar-refractivity contribution is 7.89. The van der Waals surface area contributed by atoms with Crippen molar-refractivity contribution in [1.29, 1.82) is 0 Å². The molecule has 2 aliphatic rings. The van der Waals surface area contributed by atoms with E-state index in [1.807, 2.05) is 29.5 Å². The largest absolute Gasteiger partial charge is 0.364 e. The Balaban J connectivity index is 1.74. The Hall–Kier alpha value is -2.53. The van der Waals surface area contributed by atoms with Gasteiger partial charge in [0.1, 0.15) is 5.70 Å². The molecule has 0 spiro atoms. The second kappa shape index (κ2) is 7.38. The van der Waals surface area contributed by atoms with Crippen molar-refractivity contribution in [3.05, 3.63) is 52.4 Å². The summed E-state index contributed by atoms with van der Waals surface area (Å²) in [7, 11) is -1.84. The van der Waals surface area contributed by atoms with Crippen LogP contribution in [0.2, 0.25) is 0 Å². The fourth-order valence-corrected chi connectivity index (χ4v) is 4.78. The Kier molecular flexibility index (Phi) is 5.03. The first-order valence-electron chi connectivity index (χ1n) is 9.00. The van der Waals surface area contributed by atoms with Gasteiger partial charge in [-0.3, -0.25) is 9.59 Å². The molecule has 29 heavy (non-hydrogen) atoms. The summed E-state index contributed by atoms with van der Waals surface area (Å²) >= 11 is 1.41. The summed E-state index contributed by atoms with van der Waals surface area (Å²) in [6.07, 6.45) is 0. The van der Waals surface area contributed by atoms with Crippen molar-refractivity contribution >= 4 is 44.4 Å². The number of imide groups is 1. The number of amides is 2. The second-order valence-corrected chi connectivity index (χ2v) is 9.48. The lowest BCUT2D eigenvalue weighted by molar-refractivity contribution is -0.120. The number of piperazine rings is 1. The maximum Gasteiger partial charge on any atom is 0.282 e. The van der Waals surface area contributed by atoms with Gasteiger partial charge in [0.05, 0.1) is 16.2 Å². The smallest absolute Gasteiger partial charge is 0.282 e. The molecule has 152 valence electrons. The van der Waals surface area contributed by atoms with Crippen LogP contribution in [0.4, 0.5) is 5.69 Å². The summed E-state index contributed by atoms with van der Waals surface area (Å²) in [6.45, 7) is 2.90. The Morgan fingerprint density at radius 3 is 2.17 bits per heavy atom. The standard InChI is InChI=1S/C19H20N4O4S2/c1-21-8-10-22(11-9-21)17-16(15-3-2-12-28-15)18(24)23(19(17)25)13-4-6-14(7-5-13)29(20,26)27/h2-7,12H,8-11H2,1H3,(H2,20,26,27). The number of thiophene rings is 1. The fraction of sp³-hybridized carbons (Fsp3) is 0.263. The van der Waals surface area contributed by atoms with Crippen LogP contribution in [0.1, 0.15) is 4.88 Å².